The van der Waals surface area contributed by atoms with Crippen LogP contribution < -0.4 is 21.1 Å². The highest BCUT2D eigenvalue weighted by Gasteiger charge is 2.23. The first-order valence-corrected chi connectivity index (χ1v) is 11.9. The molecule has 0 aliphatic heterocycles. The van der Waals surface area contributed by atoms with Gasteiger partial charge in [-0.2, -0.15) is 0 Å². The summed E-state index contributed by atoms with van der Waals surface area (Å²) >= 11 is 4.22. The number of benzene rings is 2. The zero-order chi connectivity index (χ0) is 22.6. The van der Waals surface area contributed by atoms with Gasteiger partial charge in [0.05, 0.1) is 29.2 Å². The maximum atomic E-state index is 12.9. The Kier molecular flexibility index (Phi) is 6.93. The first-order valence-electron chi connectivity index (χ1n) is 8.84. The zero-order valence-corrected chi connectivity index (χ0v) is 19.4. The molecule has 0 fully saturated rings. The molecular formula is C19H18BrN5O4S2. The van der Waals surface area contributed by atoms with Crippen molar-refractivity contribution in [2.75, 3.05) is 15.4 Å². The average Bonchev–Trinajstić information content (AvgIpc) is 3.05. The third-order valence-electron chi connectivity index (χ3n) is 3.91. The molecule has 0 aliphatic carbocycles. The van der Waals surface area contributed by atoms with Crippen LogP contribution in [0, 0.1) is 6.92 Å². The summed E-state index contributed by atoms with van der Waals surface area (Å²) in [5.74, 6) is -0.601. The van der Waals surface area contributed by atoms with E-state index in [1.165, 1.54) is 13.0 Å². The highest BCUT2D eigenvalue weighted by molar-refractivity contribution is 9.10. The van der Waals surface area contributed by atoms with Crippen molar-refractivity contribution >= 4 is 66.3 Å². The number of nitrogens with one attached hydrogen (secondary N) is 3. The number of nitrogens with zero attached hydrogens (tertiary/aromatic N) is 1. The number of nitrogens with two attached hydrogens (primary N) is 1. The number of hydrogen-bond acceptors (Lipinski definition) is 6. The molecule has 5 N–H and O–H groups in total. The summed E-state index contributed by atoms with van der Waals surface area (Å²) in [5, 5.41) is 5.63. The van der Waals surface area contributed by atoms with Gasteiger partial charge < -0.3 is 16.4 Å². The van der Waals surface area contributed by atoms with Crippen LogP contribution in [0.5, 0.6) is 0 Å². The van der Waals surface area contributed by atoms with Crippen LogP contribution in [0.2, 0.25) is 0 Å². The maximum absolute atomic E-state index is 12.9. The van der Waals surface area contributed by atoms with E-state index in [4.69, 9.17) is 5.73 Å². The van der Waals surface area contributed by atoms with E-state index in [2.05, 4.69) is 36.3 Å². The topological polar surface area (TPSA) is 143 Å². The van der Waals surface area contributed by atoms with Gasteiger partial charge in [0.25, 0.3) is 10.0 Å². The molecule has 0 saturated heterocycles. The first kappa shape index (κ1) is 22.7. The number of anilines is 3. The third kappa shape index (κ3) is 5.81. The van der Waals surface area contributed by atoms with Crippen molar-refractivity contribution in [3.8, 4) is 0 Å². The molecule has 0 spiro atoms. The lowest BCUT2D eigenvalue weighted by molar-refractivity contribution is -0.117. The third-order valence-corrected chi connectivity index (χ3v) is 7.73. The molecule has 9 nitrogen and oxygen atoms in total. The summed E-state index contributed by atoms with van der Waals surface area (Å²) < 4.78 is 28.9. The van der Waals surface area contributed by atoms with Crippen LogP contribution in [0.15, 0.2) is 57.2 Å². The molecule has 2 aromatic carbocycles. The quantitative estimate of drug-likeness (QED) is 0.373. The Morgan fingerprint density at radius 2 is 1.61 bits per heavy atom. The highest BCUT2D eigenvalue weighted by Crippen LogP contribution is 2.29. The molecule has 3 amide bonds. The fourth-order valence-corrected chi connectivity index (χ4v) is 5.66. The van der Waals surface area contributed by atoms with E-state index in [0.29, 0.717) is 15.2 Å². The van der Waals surface area contributed by atoms with Gasteiger partial charge in [0.1, 0.15) is 5.01 Å². The first-order chi connectivity index (χ1) is 14.7. The second-order valence-electron chi connectivity index (χ2n) is 6.33. The predicted octanol–water partition coefficient (Wildman–Crippen LogP) is 3.69. The molecule has 31 heavy (non-hydrogen) atoms. The van der Waals surface area contributed by atoms with Gasteiger partial charge in [-0.25, -0.2) is 18.2 Å². The van der Waals surface area contributed by atoms with Crippen LogP contribution >= 0.6 is 27.3 Å². The van der Waals surface area contributed by atoms with E-state index >= 15 is 0 Å². The number of aromatic nitrogens is 1. The number of urea groups is 1. The summed E-state index contributed by atoms with van der Waals surface area (Å²) in [6.07, 6.45) is -0.144. The molecule has 1 heterocycles. The normalized spacial score (nSPS) is 11.0. The fourth-order valence-electron chi connectivity index (χ4n) is 2.62. The van der Waals surface area contributed by atoms with E-state index in [1.54, 1.807) is 36.4 Å². The van der Waals surface area contributed by atoms with Crippen LogP contribution in [0.1, 0.15) is 10.7 Å². The van der Waals surface area contributed by atoms with Gasteiger partial charge >= 0.3 is 6.03 Å². The molecule has 12 heteroatoms. The molecule has 1 aromatic heterocycles. The summed E-state index contributed by atoms with van der Waals surface area (Å²) in [6.45, 7) is 1.53. The van der Waals surface area contributed by atoms with Gasteiger partial charge in [-0.1, -0.05) is 24.3 Å². The van der Waals surface area contributed by atoms with E-state index in [0.717, 1.165) is 11.3 Å². The van der Waals surface area contributed by atoms with Gasteiger partial charge in [-0.15, -0.1) is 11.3 Å². The number of halogens is 1. The van der Waals surface area contributed by atoms with Crippen molar-refractivity contribution in [1.82, 2.24) is 4.98 Å². The molecular weight excluding hydrogens is 506 g/mol. The molecule has 162 valence electrons. The van der Waals surface area contributed by atoms with E-state index in [1.807, 2.05) is 6.07 Å². The lowest BCUT2D eigenvalue weighted by atomic mass is 10.3. The van der Waals surface area contributed by atoms with Crippen molar-refractivity contribution in [3.63, 3.8) is 0 Å². The predicted molar refractivity (Wildman–Crippen MR) is 124 cm³/mol. The molecule has 3 aromatic rings. The Morgan fingerprint density at radius 3 is 2.26 bits per heavy atom. The lowest BCUT2D eigenvalue weighted by Crippen LogP contribution is -2.21. The largest absolute Gasteiger partial charge is 0.369 e. The minimum absolute atomic E-state index is 0.0313. The van der Waals surface area contributed by atoms with Crippen LogP contribution in [-0.2, 0) is 21.2 Å². The number of carbonyl (C=O) groups excluding carboxylic acids is 2. The Bertz CT molecular complexity index is 1240. The van der Waals surface area contributed by atoms with Crippen molar-refractivity contribution in [3.05, 3.63) is 63.7 Å². The van der Waals surface area contributed by atoms with Gasteiger partial charge in [-0.05, 0) is 47.1 Å². The second-order valence-corrected chi connectivity index (χ2v) is 10.1. The number of amides is 3. The number of thiazole rings is 1. The number of sulfonamides is 1. The van der Waals surface area contributed by atoms with Gasteiger partial charge in [0.2, 0.25) is 5.91 Å². The minimum atomic E-state index is -4.01. The van der Waals surface area contributed by atoms with Crippen LogP contribution in [0.4, 0.5) is 21.9 Å². The Hall–Kier alpha value is -2.96. The van der Waals surface area contributed by atoms with Crippen molar-refractivity contribution in [2.45, 2.75) is 17.6 Å². The Balaban J connectivity index is 1.80. The number of para-hydroxylation sites is 3. The Labute approximate surface area is 191 Å². The summed E-state index contributed by atoms with van der Waals surface area (Å²) in [6, 6.07) is 12.9. The van der Waals surface area contributed by atoms with Gasteiger partial charge in [-0.3, -0.25) is 9.52 Å². The zero-order valence-electron chi connectivity index (χ0n) is 16.2. The van der Waals surface area contributed by atoms with Crippen LogP contribution in [-0.4, -0.2) is 25.3 Å². The van der Waals surface area contributed by atoms with Crippen molar-refractivity contribution in [2.24, 2.45) is 5.73 Å². The molecule has 0 bridgehead atoms. The summed E-state index contributed by atoms with van der Waals surface area (Å²) in [5.41, 5.74) is 6.41. The van der Waals surface area contributed by atoms with Gasteiger partial charge in [0, 0.05) is 4.47 Å². The summed E-state index contributed by atoms with van der Waals surface area (Å²) in [7, 11) is -4.01. The molecule has 0 aliphatic rings. The lowest BCUT2D eigenvalue weighted by Gasteiger charge is -2.14. The smallest absolute Gasteiger partial charge is 0.323 e. The fraction of sp³-hybridized carbons (Fsp3) is 0.105. The molecule has 0 unspecified atom stereocenters. The van der Waals surface area contributed by atoms with Gasteiger partial charge in [0.15, 0.2) is 4.21 Å². The second kappa shape index (κ2) is 9.45. The summed E-state index contributed by atoms with van der Waals surface area (Å²) in [4.78, 5) is 27.6. The number of primary amides is 1. The Morgan fingerprint density at radius 1 is 1.03 bits per heavy atom. The van der Waals surface area contributed by atoms with E-state index in [9.17, 15) is 18.0 Å². The van der Waals surface area contributed by atoms with Crippen molar-refractivity contribution < 1.29 is 18.0 Å². The van der Waals surface area contributed by atoms with E-state index in [-0.39, 0.29) is 27.7 Å². The molecule has 0 atom stereocenters. The number of aryl methyl sites for hydroxylation is 1. The SMILES string of the molecule is Cc1nc(CC(N)=O)sc1S(=O)(=O)Nc1ccccc1NC(=O)Nc1ccccc1Br. The number of carbonyl (C=O) groups is 2. The average molecular weight is 524 g/mol. The molecule has 0 saturated carbocycles. The highest BCUT2D eigenvalue weighted by atomic mass is 79.9. The van der Waals surface area contributed by atoms with Crippen LogP contribution in [0.25, 0.3) is 0 Å². The van der Waals surface area contributed by atoms with Crippen LogP contribution in [0.3, 0.4) is 0 Å². The maximum Gasteiger partial charge on any atom is 0.323 e. The number of rotatable bonds is 7. The molecule has 0 radical (unpaired) electrons. The van der Waals surface area contributed by atoms with Crippen molar-refractivity contribution in [1.29, 1.82) is 0 Å². The van der Waals surface area contributed by atoms with E-state index < -0.39 is 22.0 Å². The standard InChI is InChI=1S/C19H18BrN5O4S2/c1-11-18(30-17(22-11)10-16(21)26)31(28,29)25-15-9-5-4-8-14(15)24-19(27)23-13-7-3-2-6-12(13)20/h2-9,25H,10H2,1H3,(H2,21,26)(H2,23,24,27). The molecule has 3 rings (SSSR count). The number of hydrogen-bond donors (Lipinski definition) is 4. The monoisotopic (exact) mass is 523 g/mol. The minimum Gasteiger partial charge on any atom is -0.369 e.